The average molecular weight is 534 g/mol. The lowest BCUT2D eigenvalue weighted by atomic mass is 10.1. The number of carbonyl (C=O) groups excluding carboxylic acids is 1. The van der Waals surface area contributed by atoms with Gasteiger partial charge in [0.15, 0.2) is 6.61 Å². The van der Waals surface area contributed by atoms with E-state index >= 15 is 0 Å². The summed E-state index contributed by atoms with van der Waals surface area (Å²) < 4.78 is 12.7. The number of aryl methyl sites for hydroxylation is 1. The zero-order valence-corrected chi connectivity index (χ0v) is 20.8. The summed E-state index contributed by atoms with van der Waals surface area (Å²) in [7, 11) is 0. The molecule has 9 heteroatoms. The van der Waals surface area contributed by atoms with Gasteiger partial charge in [-0.3, -0.25) is 4.79 Å². The van der Waals surface area contributed by atoms with Crippen LogP contribution in [0.1, 0.15) is 47.3 Å². The van der Waals surface area contributed by atoms with Crippen LogP contribution in [-0.4, -0.2) is 26.5 Å². The van der Waals surface area contributed by atoms with Crippen molar-refractivity contribution in [3.8, 4) is 5.75 Å². The van der Waals surface area contributed by atoms with Crippen molar-refractivity contribution in [1.29, 1.82) is 0 Å². The van der Waals surface area contributed by atoms with Crippen molar-refractivity contribution >= 4 is 43.6 Å². The first kappa shape index (κ1) is 23.0. The number of aromatic amines is 1. The lowest BCUT2D eigenvalue weighted by molar-refractivity contribution is 0.0950. The Balaban J connectivity index is 1.32. The van der Waals surface area contributed by atoms with Crippen LogP contribution in [0.4, 0.5) is 0 Å². The number of ether oxygens (including phenoxy) is 1. The van der Waals surface area contributed by atoms with Crippen molar-refractivity contribution in [2.75, 3.05) is 0 Å². The molecule has 2 N–H and O–H groups in total. The molecule has 2 aromatic heterocycles. The first-order valence-electron chi connectivity index (χ1n) is 11.5. The molecule has 0 atom stereocenters. The minimum Gasteiger partial charge on any atom is -0.484 e. The molecule has 3 aromatic carbocycles. The maximum atomic E-state index is 13.2. The van der Waals surface area contributed by atoms with Crippen LogP contribution in [0.15, 0.2) is 63.5 Å². The van der Waals surface area contributed by atoms with E-state index < -0.39 is 0 Å². The Hall–Kier alpha value is -3.72. The molecule has 0 bridgehead atoms. The number of amides is 1. The van der Waals surface area contributed by atoms with Crippen LogP contribution in [0, 0.1) is 0 Å². The van der Waals surface area contributed by atoms with E-state index in [-0.39, 0.29) is 12.5 Å². The molecule has 8 nitrogen and oxygen atoms in total. The fourth-order valence-corrected chi connectivity index (χ4v) is 4.67. The lowest BCUT2D eigenvalue weighted by Crippen LogP contribution is -2.23. The zero-order chi connectivity index (χ0) is 24.2. The molecule has 0 aliphatic carbocycles. The zero-order valence-electron chi connectivity index (χ0n) is 19.2. The van der Waals surface area contributed by atoms with E-state index in [0.717, 1.165) is 56.8 Å². The van der Waals surface area contributed by atoms with Gasteiger partial charge in [0.25, 0.3) is 5.91 Å². The number of H-pyrrole nitrogens is 1. The summed E-state index contributed by atoms with van der Waals surface area (Å²) in [4.78, 5) is 13.2. The summed E-state index contributed by atoms with van der Waals surface area (Å²) in [6.07, 6.45) is 2.75. The first-order valence-corrected chi connectivity index (χ1v) is 12.3. The molecule has 178 valence electrons. The Kier molecular flexibility index (Phi) is 6.76. The number of furan rings is 1. The van der Waals surface area contributed by atoms with E-state index in [9.17, 15) is 4.79 Å². The fourth-order valence-electron chi connectivity index (χ4n) is 4.06. The Labute approximate surface area is 210 Å². The molecule has 35 heavy (non-hydrogen) atoms. The van der Waals surface area contributed by atoms with Crippen LogP contribution in [0.3, 0.4) is 0 Å². The number of rotatable bonds is 9. The van der Waals surface area contributed by atoms with Gasteiger partial charge in [-0.25, -0.2) is 0 Å². The second kappa shape index (κ2) is 10.3. The van der Waals surface area contributed by atoms with Gasteiger partial charge >= 0.3 is 0 Å². The highest BCUT2D eigenvalue weighted by molar-refractivity contribution is 9.10. The maximum Gasteiger partial charge on any atom is 0.255 e. The van der Waals surface area contributed by atoms with Crippen LogP contribution >= 0.6 is 15.9 Å². The summed E-state index contributed by atoms with van der Waals surface area (Å²) >= 11 is 3.64. The monoisotopic (exact) mass is 533 g/mol. The molecular formula is C26H24BrN5O3. The number of fused-ring (bicyclic) bond motifs is 2. The smallest absolute Gasteiger partial charge is 0.255 e. The third-order valence-corrected chi connectivity index (χ3v) is 6.65. The highest BCUT2D eigenvalue weighted by Crippen LogP contribution is 2.34. The van der Waals surface area contributed by atoms with Crippen LogP contribution in [0.2, 0.25) is 0 Å². The second-order valence-corrected chi connectivity index (χ2v) is 9.03. The molecule has 0 saturated carbocycles. The minimum absolute atomic E-state index is 0.118. The largest absolute Gasteiger partial charge is 0.484 e. The van der Waals surface area contributed by atoms with Crippen LogP contribution < -0.4 is 10.1 Å². The van der Waals surface area contributed by atoms with Crippen molar-refractivity contribution < 1.29 is 13.9 Å². The number of aromatic nitrogens is 4. The molecule has 0 radical (unpaired) electrons. The van der Waals surface area contributed by atoms with Crippen LogP contribution in [0.5, 0.6) is 5.75 Å². The SMILES string of the molecule is CCCCc1oc2ccccc2c1C(=O)NCc1ccc2c(Br)c(OCc3nn[nH]n3)ccc2c1. The van der Waals surface area contributed by atoms with Gasteiger partial charge in [0.05, 0.1) is 10.0 Å². The molecule has 0 spiro atoms. The standard InChI is InChI=1S/C26H24BrN5O3/c1-2-3-7-21-24(19-6-4-5-8-20(19)35-21)26(33)28-14-16-9-11-18-17(13-16)10-12-22(25(18)27)34-15-23-29-31-32-30-23/h4-6,8-13H,2-3,7,14-15H2,1H3,(H,28,33)(H,29,30,31,32). The summed E-state index contributed by atoms with van der Waals surface area (Å²) in [5, 5.41) is 19.7. The Morgan fingerprint density at radius 3 is 2.86 bits per heavy atom. The van der Waals surface area contributed by atoms with E-state index in [2.05, 4.69) is 54.9 Å². The summed E-state index contributed by atoms with van der Waals surface area (Å²) in [6.45, 7) is 2.76. The molecule has 0 unspecified atom stereocenters. The van der Waals surface area contributed by atoms with E-state index in [1.54, 1.807) is 0 Å². The Morgan fingerprint density at radius 2 is 2.03 bits per heavy atom. The van der Waals surface area contributed by atoms with Gasteiger partial charge in [-0.2, -0.15) is 5.21 Å². The number of hydrogen-bond acceptors (Lipinski definition) is 6. The van der Waals surface area contributed by atoms with Crippen molar-refractivity contribution in [3.05, 3.63) is 81.8 Å². The Morgan fingerprint density at radius 1 is 1.14 bits per heavy atom. The lowest BCUT2D eigenvalue weighted by Gasteiger charge is -2.11. The molecule has 0 aliphatic heterocycles. The van der Waals surface area contributed by atoms with Gasteiger partial charge in [-0.15, -0.1) is 10.2 Å². The van der Waals surface area contributed by atoms with Gasteiger partial charge in [-0.05, 0) is 56.9 Å². The fraction of sp³-hybridized carbons (Fsp3) is 0.231. The number of tetrazole rings is 1. The third-order valence-electron chi connectivity index (χ3n) is 5.83. The van der Waals surface area contributed by atoms with E-state index in [4.69, 9.17) is 9.15 Å². The number of nitrogens with one attached hydrogen (secondary N) is 2. The van der Waals surface area contributed by atoms with Crippen molar-refractivity contribution in [2.24, 2.45) is 0 Å². The molecule has 1 amide bonds. The minimum atomic E-state index is -0.118. The summed E-state index contributed by atoms with van der Waals surface area (Å²) in [6, 6.07) is 17.7. The molecule has 5 rings (SSSR count). The van der Waals surface area contributed by atoms with Crippen molar-refractivity contribution in [2.45, 2.75) is 39.3 Å². The van der Waals surface area contributed by atoms with Crippen molar-refractivity contribution in [1.82, 2.24) is 25.9 Å². The van der Waals surface area contributed by atoms with E-state index in [1.807, 2.05) is 48.5 Å². The number of halogens is 1. The van der Waals surface area contributed by atoms with Gasteiger partial charge in [0.1, 0.15) is 17.1 Å². The summed E-state index contributed by atoms with van der Waals surface area (Å²) in [5.74, 6) is 1.80. The molecule has 0 fully saturated rings. The Bertz CT molecular complexity index is 1480. The van der Waals surface area contributed by atoms with Crippen LogP contribution in [-0.2, 0) is 19.6 Å². The normalized spacial score (nSPS) is 11.3. The molecular weight excluding hydrogens is 510 g/mol. The first-order chi connectivity index (χ1) is 17.1. The predicted octanol–water partition coefficient (Wildman–Crippen LogP) is 5.71. The summed E-state index contributed by atoms with van der Waals surface area (Å²) in [5.41, 5.74) is 2.39. The van der Waals surface area contributed by atoms with E-state index in [0.29, 0.717) is 23.7 Å². The highest BCUT2D eigenvalue weighted by Gasteiger charge is 2.20. The quantitative estimate of drug-likeness (QED) is 0.251. The molecule has 0 aliphatic rings. The third kappa shape index (κ3) is 4.90. The molecule has 5 aromatic rings. The molecule has 0 saturated heterocycles. The number of carbonyl (C=O) groups is 1. The van der Waals surface area contributed by atoms with Gasteiger partial charge in [0, 0.05) is 18.4 Å². The number of nitrogens with zero attached hydrogens (tertiary/aromatic N) is 3. The second-order valence-electron chi connectivity index (χ2n) is 8.23. The van der Waals surface area contributed by atoms with Crippen LogP contribution in [0.25, 0.3) is 21.7 Å². The van der Waals surface area contributed by atoms with Gasteiger partial charge in [0.2, 0.25) is 5.82 Å². The number of benzene rings is 3. The average Bonchev–Trinajstić information content (AvgIpc) is 3.53. The maximum absolute atomic E-state index is 13.2. The van der Waals surface area contributed by atoms with E-state index in [1.165, 1.54) is 0 Å². The predicted molar refractivity (Wildman–Crippen MR) is 136 cm³/mol. The van der Waals surface area contributed by atoms with Gasteiger partial charge < -0.3 is 14.5 Å². The van der Waals surface area contributed by atoms with Crippen molar-refractivity contribution in [3.63, 3.8) is 0 Å². The number of hydrogen-bond donors (Lipinski definition) is 2. The van der Waals surface area contributed by atoms with Gasteiger partial charge in [-0.1, -0.05) is 55.0 Å². The topological polar surface area (TPSA) is 106 Å². The molecule has 2 heterocycles. The number of para-hydroxylation sites is 1. The highest BCUT2D eigenvalue weighted by atomic mass is 79.9. The number of unbranched alkanes of at least 4 members (excludes halogenated alkanes) is 1.